The summed E-state index contributed by atoms with van der Waals surface area (Å²) in [6.07, 6.45) is 8.43. The highest BCUT2D eigenvalue weighted by Crippen LogP contribution is 2.20. The number of hydrogen-bond donors (Lipinski definition) is 1. The molecule has 2 fully saturated rings. The molecule has 1 saturated heterocycles. The Balaban J connectivity index is 1.62. The van der Waals surface area contributed by atoms with E-state index in [0.29, 0.717) is 6.04 Å². The average molecular weight is 267 g/mol. The van der Waals surface area contributed by atoms with E-state index in [9.17, 15) is 0 Å². The van der Waals surface area contributed by atoms with Crippen LogP contribution >= 0.6 is 0 Å². The van der Waals surface area contributed by atoms with Gasteiger partial charge in [-0.3, -0.25) is 4.90 Å². The Morgan fingerprint density at radius 2 is 1.74 bits per heavy atom. The molecule has 2 rings (SSSR count). The van der Waals surface area contributed by atoms with E-state index in [4.69, 9.17) is 0 Å². The molecule has 19 heavy (non-hydrogen) atoms. The summed E-state index contributed by atoms with van der Waals surface area (Å²) in [6.45, 7) is 7.44. The summed E-state index contributed by atoms with van der Waals surface area (Å²) in [7, 11) is 4.39. The molecule has 1 atom stereocenters. The fourth-order valence-corrected chi connectivity index (χ4v) is 3.69. The van der Waals surface area contributed by atoms with Crippen LogP contribution in [-0.4, -0.2) is 62.2 Å². The molecule has 112 valence electrons. The van der Waals surface area contributed by atoms with E-state index in [2.05, 4.69) is 36.1 Å². The van der Waals surface area contributed by atoms with Gasteiger partial charge in [-0.15, -0.1) is 0 Å². The van der Waals surface area contributed by atoms with Crippen molar-refractivity contribution in [3.8, 4) is 0 Å². The highest BCUT2D eigenvalue weighted by atomic mass is 15.2. The average Bonchev–Trinajstić information content (AvgIpc) is 2.89. The van der Waals surface area contributed by atoms with Gasteiger partial charge in [0.1, 0.15) is 0 Å². The SMILES string of the molecule is CC(CNC1CCCC1)N1CCC(CN(C)C)CC1. The lowest BCUT2D eigenvalue weighted by atomic mass is 9.95. The number of nitrogens with one attached hydrogen (secondary N) is 1. The van der Waals surface area contributed by atoms with Crippen LogP contribution in [0.1, 0.15) is 45.4 Å². The van der Waals surface area contributed by atoms with E-state index in [1.807, 2.05) is 0 Å². The fourth-order valence-electron chi connectivity index (χ4n) is 3.69. The number of hydrogen-bond acceptors (Lipinski definition) is 3. The first-order valence-corrected chi connectivity index (χ1v) is 8.27. The van der Waals surface area contributed by atoms with Crippen LogP contribution in [0.15, 0.2) is 0 Å². The van der Waals surface area contributed by atoms with Crippen molar-refractivity contribution in [2.24, 2.45) is 5.92 Å². The summed E-state index contributed by atoms with van der Waals surface area (Å²) in [6, 6.07) is 1.52. The predicted octanol–water partition coefficient (Wildman–Crippen LogP) is 2.18. The Morgan fingerprint density at radius 3 is 2.32 bits per heavy atom. The minimum absolute atomic E-state index is 0.709. The summed E-state index contributed by atoms with van der Waals surface area (Å²) >= 11 is 0. The Hall–Kier alpha value is -0.120. The third-order valence-corrected chi connectivity index (χ3v) is 4.95. The monoisotopic (exact) mass is 267 g/mol. The molecule has 3 heteroatoms. The van der Waals surface area contributed by atoms with Crippen LogP contribution in [0.2, 0.25) is 0 Å². The van der Waals surface area contributed by atoms with Crippen LogP contribution < -0.4 is 5.32 Å². The van der Waals surface area contributed by atoms with Crippen molar-refractivity contribution in [3.63, 3.8) is 0 Å². The topological polar surface area (TPSA) is 18.5 Å². The number of piperidine rings is 1. The summed E-state index contributed by atoms with van der Waals surface area (Å²) < 4.78 is 0. The van der Waals surface area contributed by atoms with Crippen molar-refractivity contribution in [1.29, 1.82) is 0 Å². The Labute approximate surface area is 119 Å². The first kappa shape index (κ1) is 15.3. The molecule has 1 saturated carbocycles. The van der Waals surface area contributed by atoms with Crippen LogP contribution in [0.5, 0.6) is 0 Å². The molecule has 1 N–H and O–H groups in total. The van der Waals surface area contributed by atoms with Crippen LogP contribution in [-0.2, 0) is 0 Å². The minimum Gasteiger partial charge on any atom is -0.312 e. The van der Waals surface area contributed by atoms with Gasteiger partial charge >= 0.3 is 0 Å². The quantitative estimate of drug-likeness (QED) is 0.796. The van der Waals surface area contributed by atoms with Crippen LogP contribution in [0.25, 0.3) is 0 Å². The van der Waals surface area contributed by atoms with Gasteiger partial charge in [0.2, 0.25) is 0 Å². The van der Waals surface area contributed by atoms with Gasteiger partial charge in [-0.25, -0.2) is 0 Å². The van der Waals surface area contributed by atoms with Crippen molar-refractivity contribution >= 4 is 0 Å². The molecule has 0 aromatic carbocycles. The second kappa shape index (κ2) is 7.61. The summed E-state index contributed by atoms with van der Waals surface area (Å²) in [5.74, 6) is 0.918. The molecule has 0 aromatic heterocycles. The Morgan fingerprint density at radius 1 is 1.11 bits per heavy atom. The third kappa shape index (κ3) is 5.05. The van der Waals surface area contributed by atoms with Gasteiger partial charge in [0.25, 0.3) is 0 Å². The largest absolute Gasteiger partial charge is 0.312 e. The molecule has 1 aliphatic heterocycles. The first-order valence-electron chi connectivity index (χ1n) is 8.27. The zero-order chi connectivity index (χ0) is 13.7. The molecule has 0 radical (unpaired) electrons. The molecule has 1 heterocycles. The molecule has 3 nitrogen and oxygen atoms in total. The molecule has 0 bridgehead atoms. The van der Waals surface area contributed by atoms with Crippen LogP contribution in [0, 0.1) is 5.92 Å². The zero-order valence-electron chi connectivity index (χ0n) is 13.2. The third-order valence-electron chi connectivity index (χ3n) is 4.95. The molecule has 0 amide bonds. The van der Waals surface area contributed by atoms with Crippen molar-refractivity contribution in [2.45, 2.75) is 57.5 Å². The number of likely N-dealkylation sites (tertiary alicyclic amines) is 1. The van der Waals surface area contributed by atoms with E-state index >= 15 is 0 Å². The maximum absolute atomic E-state index is 3.77. The van der Waals surface area contributed by atoms with E-state index in [1.165, 1.54) is 64.7 Å². The van der Waals surface area contributed by atoms with Crippen molar-refractivity contribution in [2.75, 3.05) is 40.3 Å². The lowest BCUT2D eigenvalue weighted by Gasteiger charge is -2.37. The Kier molecular flexibility index (Phi) is 6.11. The van der Waals surface area contributed by atoms with Gasteiger partial charge in [-0.2, -0.15) is 0 Å². The van der Waals surface area contributed by atoms with Crippen LogP contribution in [0.3, 0.4) is 0 Å². The lowest BCUT2D eigenvalue weighted by molar-refractivity contribution is 0.124. The smallest absolute Gasteiger partial charge is 0.0192 e. The van der Waals surface area contributed by atoms with E-state index < -0.39 is 0 Å². The molecular weight excluding hydrogens is 234 g/mol. The summed E-state index contributed by atoms with van der Waals surface area (Å²) in [5.41, 5.74) is 0. The lowest BCUT2D eigenvalue weighted by Crippen LogP contribution is -2.47. The van der Waals surface area contributed by atoms with E-state index in [0.717, 1.165) is 12.0 Å². The van der Waals surface area contributed by atoms with Gasteiger partial charge in [-0.05, 0) is 65.7 Å². The standard InChI is InChI=1S/C16H33N3/c1-14(12-17-16-6-4-5-7-16)19-10-8-15(9-11-19)13-18(2)3/h14-17H,4-13H2,1-3H3. The Bertz CT molecular complexity index is 240. The maximum atomic E-state index is 3.77. The van der Waals surface area contributed by atoms with Gasteiger partial charge in [0.05, 0.1) is 0 Å². The zero-order valence-corrected chi connectivity index (χ0v) is 13.2. The van der Waals surface area contributed by atoms with E-state index in [-0.39, 0.29) is 0 Å². The normalized spacial score (nSPS) is 25.3. The van der Waals surface area contributed by atoms with Crippen molar-refractivity contribution < 1.29 is 0 Å². The summed E-state index contributed by atoms with van der Waals surface area (Å²) in [4.78, 5) is 5.03. The molecule has 1 aliphatic carbocycles. The number of nitrogens with zero attached hydrogens (tertiary/aromatic N) is 2. The number of rotatable bonds is 6. The van der Waals surface area contributed by atoms with Gasteiger partial charge in [0.15, 0.2) is 0 Å². The fraction of sp³-hybridized carbons (Fsp3) is 1.00. The predicted molar refractivity (Wildman–Crippen MR) is 82.6 cm³/mol. The maximum Gasteiger partial charge on any atom is 0.0192 e. The summed E-state index contributed by atoms with van der Waals surface area (Å²) in [5, 5.41) is 3.77. The van der Waals surface area contributed by atoms with E-state index in [1.54, 1.807) is 0 Å². The van der Waals surface area contributed by atoms with Crippen molar-refractivity contribution in [1.82, 2.24) is 15.1 Å². The van der Waals surface area contributed by atoms with Crippen molar-refractivity contribution in [3.05, 3.63) is 0 Å². The minimum atomic E-state index is 0.709. The van der Waals surface area contributed by atoms with Gasteiger partial charge in [-0.1, -0.05) is 12.8 Å². The molecule has 2 aliphatic rings. The van der Waals surface area contributed by atoms with Crippen LogP contribution in [0.4, 0.5) is 0 Å². The molecular formula is C16H33N3. The first-order chi connectivity index (χ1) is 9.15. The second-order valence-corrected chi connectivity index (χ2v) is 6.98. The van der Waals surface area contributed by atoms with Gasteiger partial charge < -0.3 is 10.2 Å². The van der Waals surface area contributed by atoms with Gasteiger partial charge in [0, 0.05) is 25.2 Å². The molecule has 0 aromatic rings. The highest BCUT2D eigenvalue weighted by molar-refractivity contribution is 4.81. The molecule has 0 spiro atoms. The highest BCUT2D eigenvalue weighted by Gasteiger charge is 2.23. The molecule has 1 unspecified atom stereocenters. The second-order valence-electron chi connectivity index (χ2n) is 6.98.